The summed E-state index contributed by atoms with van der Waals surface area (Å²) in [5.41, 5.74) is -2.15. The topological polar surface area (TPSA) is 115 Å². The molecule has 0 aromatic heterocycles. The van der Waals surface area contributed by atoms with Crippen molar-refractivity contribution in [2.45, 2.75) is 64.4 Å². The lowest BCUT2D eigenvalue weighted by Crippen LogP contribution is -2.63. The molecule has 0 aromatic rings. The SMILES string of the molecule is C[C@H]1C[C@@H]2[C@H]([C@@H](O)C[C@@]3(C)[C@H]2CC[C@]3(O)C(=O)C(O)O)[C@@]2(C)C=CC(=O)C=C12. The lowest BCUT2D eigenvalue weighted by Gasteiger charge is -2.60. The number of aliphatic hydroxyl groups is 4. The predicted octanol–water partition coefficient (Wildman–Crippen LogP) is 1.12. The van der Waals surface area contributed by atoms with Crippen LogP contribution in [0.25, 0.3) is 0 Å². The molecule has 0 bridgehead atoms. The Kier molecular flexibility index (Phi) is 4.33. The van der Waals surface area contributed by atoms with Crippen molar-refractivity contribution in [3.8, 4) is 0 Å². The van der Waals surface area contributed by atoms with E-state index in [2.05, 4.69) is 13.8 Å². The molecule has 28 heavy (non-hydrogen) atoms. The van der Waals surface area contributed by atoms with Gasteiger partial charge in [0.25, 0.3) is 0 Å². The monoisotopic (exact) mass is 390 g/mol. The van der Waals surface area contributed by atoms with E-state index in [9.17, 15) is 30.0 Å². The van der Waals surface area contributed by atoms with Crippen LogP contribution >= 0.6 is 0 Å². The van der Waals surface area contributed by atoms with Gasteiger partial charge in [0.1, 0.15) is 5.60 Å². The summed E-state index contributed by atoms with van der Waals surface area (Å²) in [7, 11) is 0. The number of Topliss-reactive ketones (excluding diaryl/α,β-unsaturated/α-hetero) is 1. The number of hydrogen-bond donors (Lipinski definition) is 4. The maximum absolute atomic E-state index is 12.5. The third-order valence-electron chi connectivity index (χ3n) is 8.61. The molecule has 6 nitrogen and oxygen atoms in total. The number of fused-ring (bicyclic) bond motifs is 5. The Balaban J connectivity index is 1.77. The molecule has 6 heteroatoms. The second-order valence-corrected chi connectivity index (χ2v) is 9.88. The van der Waals surface area contributed by atoms with Gasteiger partial charge in [-0.25, -0.2) is 0 Å². The summed E-state index contributed by atoms with van der Waals surface area (Å²) in [5.74, 6) is -0.883. The second kappa shape index (κ2) is 6.08. The zero-order valence-electron chi connectivity index (χ0n) is 16.6. The molecule has 0 amide bonds. The molecule has 4 rings (SSSR count). The number of carbonyl (C=O) groups excluding carboxylic acids is 2. The van der Waals surface area contributed by atoms with Crippen LogP contribution in [0.1, 0.15) is 46.5 Å². The van der Waals surface area contributed by atoms with Crippen molar-refractivity contribution in [3.63, 3.8) is 0 Å². The number of rotatable bonds is 2. The summed E-state index contributed by atoms with van der Waals surface area (Å²) in [6.07, 6.45) is 3.98. The van der Waals surface area contributed by atoms with E-state index in [4.69, 9.17) is 0 Å². The molecule has 3 fully saturated rings. The van der Waals surface area contributed by atoms with E-state index in [0.29, 0.717) is 6.42 Å². The standard InChI is InChI=1S/C22H30O6/c1-11-8-13-14-5-7-22(28,18(25)19(26)27)21(14,3)10-16(24)17(13)20(2)6-4-12(23)9-15(11)20/h4,6,9,11,13-14,16-17,19,24,26-28H,5,7-8,10H2,1-3H3/t11-,13-,14-,16-,17+,20-,21-,22-/m0/s1. The highest BCUT2D eigenvalue weighted by molar-refractivity contribution is 6.01. The highest BCUT2D eigenvalue weighted by Crippen LogP contribution is 2.67. The number of carbonyl (C=O) groups is 2. The zero-order valence-corrected chi connectivity index (χ0v) is 16.6. The van der Waals surface area contributed by atoms with E-state index >= 15 is 0 Å². The van der Waals surface area contributed by atoms with Crippen LogP contribution in [0.15, 0.2) is 23.8 Å². The van der Waals surface area contributed by atoms with Crippen molar-refractivity contribution in [1.29, 1.82) is 0 Å². The average molecular weight is 390 g/mol. The Morgan fingerprint density at radius 2 is 1.96 bits per heavy atom. The Morgan fingerprint density at radius 1 is 1.29 bits per heavy atom. The van der Waals surface area contributed by atoms with Gasteiger partial charge in [-0.2, -0.15) is 0 Å². The van der Waals surface area contributed by atoms with Crippen LogP contribution in [-0.2, 0) is 9.59 Å². The van der Waals surface area contributed by atoms with Gasteiger partial charge in [-0.05, 0) is 55.6 Å². The molecule has 8 atom stereocenters. The van der Waals surface area contributed by atoms with Crippen LogP contribution in [0.2, 0.25) is 0 Å². The maximum Gasteiger partial charge on any atom is 0.220 e. The summed E-state index contributed by atoms with van der Waals surface area (Å²) in [6.45, 7) is 5.97. The average Bonchev–Trinajstić information content (AvgIpc) is 2.87. The van der Waals surface area contributed by atoms with Gasteiger partial charge in [0.15, 0.2) is 5.78 Å². The second-order valence-electron chi connectivity index (χ2n) is 9.88. The molecule has 4 N–H and O–H groups in total. The maximum atomic E-state index is 12.5. The van der Waals surface area contributed by atoms with E-state index in [-0.39, 0.29) is 42.3 Å². The van der Waals surface area contributed by atoms with Crippen molar-refractivity contribution in [2.75, 3.05) is 0 Å². The third-order valence-corrected chi connectivity index (χ3v) is 8.61. The molecular formula is C22H30O6. The normalized spacial score (nSPS) is 50.1. The molecule has 3 saturated carbocycles. The van der Waals surface area contributed by atoms with Gasteiger partial charge in [0.2, 0.25) is 12.1 Å². The quantitative estimate of drug-likeness (QED) is 0.525. The zero-order chi connectivity index (χ0) is 20.6. The minimum Gasteiger partial charge on any atom is -0.393 e. The molecular weight excluding hydrogens is 360 g/mol. The first kappa shape index (κ1) is 20.0. The molecule has 0 aromatic carbocycles. The largest absolute Gasteiger partial charge is 0.393 e. The Bertz CT molecular complexity index is 784. The summed E-state index contributed by atoms with van der Waals surface area (Å²) < 4.78 is 0. The van der Waals surface area contributed by atoms with Gasteiger partial charge < -0.3 is 20.4 Å². The fourth-order valence-corrected chi connectivity index (χ4v) is 7.37. The molecule has 0 aliphatic heterocycles. The highest BCUT2D eigenvalue weighted by Gasteiger charge is 2.69. The Hall–Kier alpha value is -1.34. The lowest BCUT2D eigenvalue weighted by atomic mass is 9.44. The predicted molar refractivity (Wildman–Crippen MR) is 101 cm³/mol. The minimum atomic E-state index is -2.22. The lowest BCUT2D eigenvalue weighted by molar-refractivity contribution is -0.195. The van der Waals surface area contributed by atoms with Gasteiger partial charge in [-0.3, -0.25) is 9.59 Å². The molecule has 0 spiro atoms. The summed E-state index contributed by atoms with van der Waals surface area (Å²) in [4.78, 5) is 24.5. The van der Waals surface area contributed by atoms with E-state index < -0.39 is 34.6 Å². The van der Waals surface area contributed by atoms with Crippen molar-refractivity contribution in [2.24, 2.45) is 34.5 Å². The summed E-state index contributed by atoms with van der Waals surface area (Å²) >= 11 is 0. The van der Waals surface area contributed by atoms with E-state index in [0.717, 1.165) is 12.0 Å². The molecule has 0 heterocycles. The van der Waals surface area contributed by atoms with Crippen molar-refractivity contribution in [1.82, 2.24) is 0 Å². The van der Waals surface area contributed by atoms with E-state index in [1.54, 1.807) is 12.2 Å². The first-order valence-electron chi connectivity index (χ1n) is 10.2. The Labute approximate surface area is 165 Å². The fraction of sp³-hybridized carbons (Fsp3) is 0.727. The molecule has 0 saturated heterocycles. The van der Waals surface area contributed by atoms with Crippen molar-refractivity contribution < 1.29 is 30.0 Å². The molecule has 154 valence electrons. The van der Waals surface area contributed by atoms with E-state index in [1.165, 1.54) is 0 Å². The fourth-order valence-electron chi connectivity index (χ4n) is 7.37. The van der Waals surface area contributed by atoms with Crippen molar-refractivity contribution >= 4 is 11.6 Å². The first-order chi connectivity index (χ1) is 13.0. The van der Waals surface area contributed by atoms with Crippen LogP contribution in [0.4, 0.5) is 0 Å². The smallest absolute Gasteiger partial charge is 0.220 e. The number of aliphatic hydroxyl groups excluding tert-OH is 2. The van der Waals surface area contributed by atoms with Crippen LogP contribution in [0, 0.1) is 34.5 Å². The van der Waals surface area contributed by atoms with Crippen LogP contribution in [0.5, 0.6) is 0 Å². The third kappa shape index (κ3) is 2.35. The number of allylic oxidation sites excluding steroid dienone is 4. The van der Waals surface area contributed by atoms with Gasteiger partial charge in [-0.15, -0.1) is 0 Å². The van der Waals surface area contributed by atoms with Crippen LogP contribution in [-0.4, -0.2) is 50.0 Å². The van der Waals surface area contributed by atoms with Gasteiger partial charge in [0.05, 0.1) is 6.10 Å². The van der Waals surface area contributed by atoms with Crippen LogP contribution in [0.3, 0.4) is 0 Å². The highest BCUT2D eigenvalue weighted by atomic mass is 16.5. The first-order valence-corrected chi connectivity index (χ1v) is 10.2. The molecule has 4 aliphatic rings. The molecule has 4 aliphatic carbocycles. The van der Waals surface area contributed by atoms with Gasteiger partial charge >= 0.3 is 0 Å². The van der Waals surface area contributed by atoms with Gasteiger partial charge in [-0.1, -0.05) is 32.4 Å². The van der Waals surface area contributed by atoms with E-state index in [1.807, 2.05) is 13.0 Å². The molecule has 0 unspecified atom stereocenters. The number of ketones is 2. The Morgan fingerprint density at radius 3 is 2.61 bits per heavy atom. The summed E-state index contributed by atoms with van der Waals surface area (Å²) in [6, 6.07) is 0. The number of hydrogen-bond acceptors (Lipinski definition) is 6. The van der Waals surface area contributed by atoms with Gasteiger partial charge in [0, 0.05) is 16.7 Å². The summed E-state index contributed by atoms with van der Waals surface area (Å²) in [5, 5.41) is 41.4. The molecule has 0 radical (unpaired) electrons. The van der Waals surface area contributed by atoms with Crippen molar-refractivity contribution in [3.05, 3.63) is 23.8 Å². The van der Waals surface area contributed by atoms with Crippen LogP contribution < -0.4 is 0 Å². The minimum absolute atomic E-state index is 0.0135.